The van der Waals surface area contributed by atoms with E-state index in [9.17, 15) is 0 Å². The molecule has 2 nitrogen and oxygen atoms in total. The second-order valence-corrected chi connectivity index (χ2v) is 4.57. The third kappa shape index (κ3) is 3.24. The molecule has 90 valence electrons. The Hall–Kier alpha value is -1.02. The molecule has 0 aliphatic heterocycles. The van der Waals surface area contributed by atoms with Crippen LogP contribution >= 0.6 is 0 Å². The highest BCUT2D eigenvalue weighted by atomic mass is 16.5. The summed E-state index contributed by atoms with van der Waals surface area (Å²) in [6, 6.07) is 6.57. The molecule has 0 aliphatic carbocycles. The van der Waals surface area contributed by atoms with Crippen LogP contribution in [0.15, 0.2) is 18.2 Å². The van der Waals surface area contributed by atoms with Crippen LogP contribution in [0.3, 0.4) is 0 Å². The third-order valence-electron chi connectivity index (χ3n) is 3.18. The van der Waals surface area contributed by atoms with Crippen molar-refractivity contribution in [1.82, 2.24) is 0 Å². The molecule has 2 atom stereocenters. The van der Waals surface area contributed by atoms with Gasteiger partial charge in [0, 0.05) is 6.04 Å². The first-order valence-electron chi connectivity index (χ1n) is 5.97. The quantitative estimate of drug-likeness (QED) is 0.829. The molecule has 0 amide bonds. The van der Waals surface area contributed by atoms with Crippen molar-refractivity contribution in [3.8, 4) is 5.75 Å². The number of ether oxygens (including phenoxy) is 1. The maximum atomic E-state index is 6.05. The molecule has 1 rings (SSSR count). The molecule has 1 aromatic carbocycles. The van der Waals surface area contributed by atoms with Crippen LogP contribution in [0, 0.1) is 12.8 Å². The van der Waals surface area contributed by atoms with E-state index in [4.69, 9.17) is 10.5 Å². The van der Waals surface area contributed by atoms with E-state index in [1.807, 2.05) is 6.07 Å². The van der Waals surface area contributed by atoms with Crippen LogP contribution in [0.2, 0.25) is 0 Å². The van der Waals surface area contributed by atoms with Crippen LogP contribution in [-0.2, 0) is 6.42 Å². The van der Waals surface area contributed by atoms with Gasteiger partial charge in [0.05, 0.1) is 7.11 Å². The van der Waals surface area contributed by atoms with Gasteiger partial charge in [-0.1, -0.05) is 31.5 Å². The summed E-state index contributed by atoms with van der Waals surface area (Å²) in [4.78, 5) is 0. The highest BCUT2D eigenvalue weighted by molar-refractivity contribution is 5.37. The van der Waals surface area contributed by atoms with Crippen molar-refractivity contribution < 1.29 is 4.74 Å². The van der Waals surface area contributed by atoms with E-state index in [0.29, 0.717) is 5.92 Å². The molecule has 0 spiro atoms. The number of aryl methyl sites for hydroxylation is 1. The lowest BCUT2D eigenvalue weighted by atomic mass is 9.92. The van der Waals surface area contributed by atoms with Gasteiger partial charge in [-0.25, -0.2) is 0 Å². The summed E-state index contributed by atoms with van der Waals surface area (Å²) in [5.74, 6) is 1.46. The Morgan fingerprint density at radius 1 is 1.38 bits per heavy atom. The van der Waals surface area contributed by atoms with Gasteiger partial charge in [0.15, 0.2) is 0 Å². The van der Waals surface area contributed by atoms with Crippen molar-refractivity contribution in [3.05, 3.63) is 29.3 Å². The molecule has 2 N–H and O–H groups in total. The van der Waals surface area contributed by atoms with Gasteiger partial charge in [0.1, 0.15) is 5.75 Å². The van der Waals surface area contributed by atoms with E-state index >= 15 is 0 Å². The minimum absolute atomic E-state index is 0.269. The van der Waals surface area contributed by atoms with Gasteiger partial charge in [0.2, 0.25) is 0 Å². The fourth-order valence-electron chi connectivity index (χ4n) is 1.97. The Kier molecular flexibility index (Phi) is 4.81. The van der Waals surface area contributed by atoms with Crippen molar-refractivity contribution >= 4 is 0 Å². The molecular formula is C14H23NO. The maximum Gasteiger partial charge on any atom is 0.122 e. The summed E-state index contributed by atoms with van der Waals surface area (Å²) < 4.78 is 5.37. The molecule has 0 aliphatic rings. The van der Waals surface area contributed by atoms with E-state index in [0.717, 1.165) is 18.6 Å². The lowest BCUT2D eigenvalue weighted by Gasteiger charge is -2.19. The van der Waals surface area contributed by atoms with Gasteiger partial charge in [-0.15, -0.1) is 0 Å². The normalized spacial score (nSPS) is 14.6. The topological polar surface area (TPSA) is 35.2 Å². The van der Waals surface area contributed by atoms with Crippen molar-refractivity contribution in [2.45, 2.75) is 39.7 Å². The number of methoxy groups -OCH3 is 1. The summed E-state index contributed by atoms with van der Waals surface area (Å²) in [5.41, 5.74) is 8.59. The molecular weight excluding hydrogens is 198 g/mol. The minimum Gasteiger partial charge on any atom is -0.496 e. The predicted molar refractivity (Wildman–Crippen MR) is 68.9 cm³/mol. The minimum atomic E-state index is 0.269. The fourth-order valence-corrected chi connectivity index (χ4v) is 1.97. The first kappa shape index (κ1) is 13.0. The first-order chi connectivity index (χ1) is 7.58. The van der Waals surface area contributed by atoms with Crippen molar-refractivity contribution in [2.75, 3.05) is 7.11 Å². The monoisotopic (exact) mass is 221 g/mol. The van der Waals surface area contributed by atoms with Crippen LogP contribution in [0.25, 0.3) is 0 Å². The summed E-state index contributed by atoms with van der Waals surface area (Å²) in [7, 11) is 1.72. The molecule has 0 radical (unpaired) electrons. The molecule has 0 bridgehead atoms. The number of hydrogen-bond acceptors (Lipinski definition) is 2. The standard InChI is InChI=1S/C14H23NO/c1-5-13(15)11(3)9-12-8-10(2)6-7-14(12)16-4/h6-8,11,13H,5,9,15H2,1-4H3. The Balaban J connectivity index is 2.82. The Morgan fingerprint density at radius 2 is 2.06 bits per heavy atom. The van der Waals surface area contributed by atoms with Gasteiger partial charge < -0.3 is 10.5 Å². The molecule has 0 fully saturated rings. The van der Waals surface area contributed by atoms with Gasteiger partial charge in [-0.2, -0.15) is 0 Å². The van der Waals surface area contributed by atoms with E-state index in [2.05, 4.69) is 32.9 Å². The van der Waals surface area contributed by atoms with Gasteiger partial charge in [-0.3, -0.25) is 0 Å². The van der Waals surface area contributed by atoms with E-state index < -0.39 is 0 Å². The van der Waals surface area contributed by atoms with Crippen molar-refractivity contribution in [2.24, 2.45) is 11.7 Å². The largest absolute Gasteiger partial charge is 0.496 e. The van der Waals surface area contributed by atoms with E-state index in [-0.39, 0.29) is 6.04 Å². The SMILES string of the molecule is CCC(N)C(C)Cc1cc(C)ccc1OC. The van der Waals surface area contributed by atoms with Gasteiger partial charge in [0.25, 0.3) is 0 Å². The summed E-state index contributed by atoms with van der Waals surface area (Å²) in [6.07, 6.45) is 2.01. The van der Waals surface area contributed by atoms with Crippen LogP contribution < -0.4 is 10.5 Å². The molecule has 16 heavy (non-hydrogen) atoms. The highest BCUT2D eigenvalue weighted by Gasteiger charge is 2.13. The molecule has 0 heterocycles. The fraction of sp³-hybridized carbons (Fsp3) is 0.571. The zero-order valence-electron chi connectivity index (χ0n) is 10.8. The van der Waals surface area contributed by atoms with Crippen molar-refractivity contribution in [1.29, 1.82) is 0 Å². The lowest BCUT2D eigenvalue weighted by molar-refractivity contribution is 0.395. The van der Waals surface area contributed by atoms with Crippen LogP contribution in [0.1, 0.15) is 31.4 Å². The zero-order chi connectivity index (χ0) is 12.1. The molecule has 2 heteroatoms. The number of benzene rings is 1. The Bertz CT molecular complexity index is 336. The number of nitrogens with two attached hydrogens (primary N) is 1. The predicted octanol–water partition coefficient (Wildman–Crippen LogP) is 2.92. The van der Waals surface area contributed by atoms with Crippen LogP contribution in [0.4, 0.5) is 0 Å². The molecule has 0 saturated heterocycles. The zero-order valence-corrected chi connectivity index (χ0v) is 10.8. The molecule has 1 aromatic rings. The Labute approximate surface area is 98.8 Å². The lowest BCUT2D eigenvalue weighted by Crippen LogP contribution is -2.28. The van der Waals surface area contributed by atoms with E-state index in [1.54, 1.807) is 7.11 Å². The molecule has 2 unspecified atom stereocenters. The Morgan fingerprint density at radius 3 is 2.62 bits per heavy atom. The number of hydrogen-bond donors (Lipinski definition) is 1. The average Bonchev–Trinajstić information content (AvgIpc) is 2.28. The highest BCUT2D eigenvalue weighted by Crippen LogP contribution is 2.23. The maximum absolute atomic E-state index is 6.05. The summed E-state index contributed by atoms with van der Waals surface area (Å²) in [6.45, 7) is 6.44. The average molecular weight is 221 g/mol. The van der Waals surface area contributed by atoms with Crippen molar-refractivity contribution in [3.63, 3.8) is 0 Å². The van der Waals surface area contributed by atoms with Gasteiger partial charge >= 0.3 is 0 Å². The molecule has 0 aromatic heterocycles. The van der Waals surface area contributed by atoms with Crippen LogP contribution in [-0.4, -0.2) is 13.2 Å². The number of rotatable bonds is 5. The first-order valence-corrected chi connectivity index (χ1v) is 5.97. The third-order valence-corrected chi connectivity index (χ3v) is 3.18. The second-order valence-electron chi connectivity index (χ2n) is 4.57. The smallest absolute Gasteiger partial charge is 0.122 e. The van der Waals surface area contributed by atoms with Gasteiger partial charge in [-0.05, 0) is 37.3 Å². The molecule has 0 saturated carbocycles. The summed E-state index contributed by atoms with van der Waals surface area (Å²) in [5, 5.41) is 0. The van der Waals surface area contributed by atoms with E-state index in [1.165, 1.54) is 11.1 Å². The van der Waals surface area contributed by atoms with Crippen LogP contribution in [0.5, 0.6) is 5.75 Å². The summed E-state index contributed by atoms with van der Waals surface area (Å²) >= 11 is 0. The second kappa shape index (κ2) is 5.90.